The second-order valence-electron chi connectivity index (χ2n) is 5.03. The van der Waals surface area contributed by atoms with Crippen LogP contribution in [0.15, 0.2) is 18.2 Å². The normalized spacial score (nSPS) is 10.4. The highest BCUT2D eigenvalue weighted by Gasteiger charge is 2.12. The lowest BCUT2D eigenvalue weighted by molar-refractivity contribution is -0.116. The smallest absolute Gasteiger partial charge is 0.224 e. The molecule has 0 radical (unpaired) electrons. The van der Waals surface area contributed by atoms with Crippen molar-refractivity contribution < 1.29 is 14.3 Å². The predicted molar refractivity (Wildman–Crippen MR) is 84.6 cm³/mol. The van der Waals surface area contributed by atoms with Crippen molar-refractivity contribution in [3.05, 3.63) is 35.2 Å². The number of rotatable bonds is 6. The van der Waals surface area contributed by atoms with E-state index in [2.05, 4.69) is 15.5 Å². The zero-order chi connectivity index (χ0) is 16.1. The van der Waals surface area contributed by atoms with Crippen molar-refractivity contribution in [3.8, 4) is 11.5 Å². The van der Waals surface area contributed by atoms with Gasteiger partial charge in [0.1, 0.15) is 11.5 Å². The second-order valence-corrected chi connectivity index (χ2v) is 5.03. The number of ether oxygens (including phenoxy) is 2. The summed E-state index contributed by atoms with van der Waals surface area (Å²) in [5.41, 5.74) is 3.63. The molecular formula is C16H21N3O3. The minimum absolute atomic E-state index is 0.0773. The standard InChI is InChI=1S/C16H21N3O3/c1-10-13(11(2)19-18-10)6-8-16(20)17-14-9-12(21-3)5-7-15(14)22-4/h5,7,9H,6,8H2,1-4H3,(H,17,20)(H,18,19). The highest BCUT2D eigenvalue weighted by atomic mass is 16.5. The number of aromatic nitrogens is 2. The molecule has 0 aliphatic rings. The molecule has 6 heteroatoms. The van der Waals surface area contributed by atoms with E-state index in [9.17, 15) is 4.79 Å². The molecule has 2 N–H and O–H groups in total. The van der Waals surface area contributed by atoms with E-state index in [-0.39, 0.29) is 5.91 Å². The average Bonchev–Trinajstić information content (AvgIpc) is 2.83. The van der Waals surface area contributed by atoms with Crippen LogP contribution >= 0.6 is 0 Å². The molecule has 1 aromatic carbocycles. The Hall–Kier alpha value is -2.50. The van der Waals surface area contributed by atoms with Gasteiger partial charge in [-0.1, -0.05) is 0 Å². The summed E-state index contributed by atoms with van der Waals surface area (Å²) in [7, 11) is 3.15. The Morgan fingerprint density at radius 3 is 2.64 bits per heavy atom. The molecule has 0 bridgehead atoms. The second kappa shape index (κ2) is 6.98. The number of aryl methyl sites for hydroxylation is 2. The van der Waals surface area contributed by atoms with Crippen LogP contribution < -0.4 is 14.8 Å². The van der Waals surface area contributed by atoms with E-state index >= 15 is 0 Å². The van der Waals surface area contributed by atoms with Gasteiger partial charge in [0.2, 0.25) is 5.91 Å². The minimum Gasteiger partial charge on any atom is -0.497 e. The summed E-state index contributed by atoms with van der Waals surface area (Å²) in [4.78, 5) is 12.2. The van der Waals surface area contributed by atoms with Crippen molar-refractivity contribution in [1.29, 1.82) is 0 Å². The first kappa shape index (κ1) is 15.9. The van der Waals surface area contributed by atoms with E-state index < -0.39 is 0 Å². The molecule has 0 saturated heterocycles. The summed E-state index contributed by atoms with van der Waals surface area (Å²) in [6.07, 6.45) is 1.02. The molecule has 22 heavy (non-hydrogen) atoms. The van der Waals surface area contributed by atoms with E-state index in [0.29, 0.717) is 30.0 Å². The van der Waals surface area contributed by atoms with Gasteiger partial charge in [-0.15, -0.1) is 0 Å². The number of carbonyl (C=O) groups is 1. The SMILES string of the molecule is COc1ccc(OC)c(NC(=O)CCc2c(C)n[nH]c2C)c1. The van der Waals surface area contributed by atoms with E-state index in [1.165, 1.54) is 0 Å². The molecule has 2 rings (SSSR count). The maximum atomic E-state index is 12.2. The van der Waals surface area contributed by atoms with Gasteiger partial charge in [-0.25, -0.2) is 0 Å². The maximum absolute atomic E-state index is 12.2. The van der Waals surface area contributed by atoms with Gasteiger partial charge in [-0.2, -0.15) is 5.10 Å². The Morgan fingerprint density at radius 2 is 2.05 bits per heavy atom. The van der Waals surface area contributed by atoms with Crippen molar-refractivity contribution in [2.75, 3.05) is 19.5 Å². The summed E-state index contributed by atoms with van der Waals surface area (Å²) < 4.78 is 10.4. The first-order chi connectivity index (χ1) is 10.5. The Bertz CT molecular complexity index is 645. The molecule has 2 aromatic rings. The number of H-pyrrole nitrogens is 1. The van der Waals surface area contributed by atoms with Crippen molar-refractivity contribution in [2.45, 2.75) is 26.7 Å². The number of nitrogens with zero attached hydrogens (tertiary/aromatic N) is 1. The zero-order valence-electron chi connectivity index (χ0n) is 13.3. The number of amides is 1. The summed E-state index contributed by atoms with van der Waals surface area (Å²) in [6.45, 7) is 3.89. The summed E-state index contributed by atoms with van der Waals surface area (Å²) in [5, 5.41) is 9.92. The van der Waals surface area contributed by atoms with Crippen molar-refractivity contribution >= 4 is 11.6 Å². The van der Waals surface area contributed by atoms with E-state index in [0.717, 1.165) is 17.0 Å². The lowest BCUT2D eigenvalue weighted by Crippen LogP contribution is -2.13. The number of hydrogen-bond acceptors (Lipinski definition) is 4. The highest BCUT2D eigenvalue weighted by Crippen LogP contribution is 2.29. The van der Waals surface area contributed by atoms with E-state index in [1.54, 1.807) is 32.4 Å². The van der Waals surface area contributed by atoms with Gasteiger partial charge in [0.05, 0.1) is 25.6 Å². The molecular weight excluding hydrogens is 282 g/mol. The summed E-state index contributed by atoms with van der Waals surface area (Å²) in [6, 6.07) is 5.29. The molecule has 0 spiro atoms. The van der Waals surface area contributed by atoms with Gasteiger partial charge in [-0.3, -0.25) is 9.89 Å². The van der Waals surface area contributed by atoms with Crippen LogP contribution in [-0.2, 0) is 11.2 Å². The predicted octanol–water partition coefficient (Wildman–Crippen LogP) is 2.62. The molecule has 1 amide bonds. The third-order valence-corrected chi connectivity index (χ3v) is 3.56. The minimum atomic E-state index is -0.0773. The molecule has 6 nitrogen and oxygen atoms in total. The molecule has 1 aromatic heterocycles. The van der Waals surface area contributed by atoms with Crippen molar-refractivity contribution in [3.63, 3.8) is 0 Å². The van der Waals surface area contributed by atoms with Gasteiger partial charge in [-0.05, 0) is 38.0 Å². The average molecular weight is 303 g/mol. The van der Waals surface area contributed by atoms with Crippen LogP contribution in [0.25, 0.3) is 0 Å². The van der Waals surface area contributed by atoms with Gasteiger partial charge < -0.3 is 14.8 Å². The number of hydrogen-bond donors (Lipinski definition) is 2. The Labute approximate surface area is 129 Å². The fraction of sp³-hybridized carbons (Fsp3) is 0.375. The molecule has 1 heterocycles. The van der Waals surface area contributed by atoms with Gasteiger partial charge >= 0.3 is 0 Å². The lowest BCUT2D eigenvalue weighted by Gasteiger charge is -2.11. The Balaban J connectivity index is 2.03. The third kappa shape index (κ3) is 3.58. The number of anilines is 1. The molecule has 0 aliphatic heterocycles. The van der Waals surface area contributed by atoms with E-state index in [1.807, 2.05) is 13.8 Å². The number of carbonyl (C=O) groups excluding carboxylic acids is 1. The number of nitrogens with one attached hydrogen (secondary N) is 2. The van der Waals surface area contributed by atoms with Crippen LogP contribution in [0.2, 0.25) is 0 Å². The maximum Gasteiger partial charge on any atom is 0.224 e. The fourth-order valence-corrected chi connectivity index (χ4v) is 2.31. The molecule has 118 valence electrons. The molecule has 0 unspecified atom stereocenters. The van der Waals surface area contributed by atoms with Gasteiger partial charge in [0.25, 0.3) is 0 Å². The Kier molecular flexibility index (Phi) is 5.04. The van der Waals surface area contributed by atoms with Crippen LogP contribution in [0, 0.1) is 13.8 Å². The monoisotopic (exact) mass is 303 g/mol. The van der Waals surface area contributed by atoms with Crippen LogP contribution in [0.1, 0.15) is 23.4 Å². The van der Waals surface area contributed by atoms with Gasteiger partial charge in [0, 0.05) is 18.2 Å². The summed E-state index contributed by atoms with van der Waals surface area (Å²) >= 11 is 0. The number of benzene rings is 1. The quantitative estimate of drug-likeness (QED) is 0.860. The first-order valence-electron chi connectivity index (χ1n) is 7.07. The van der Waals surface area contributed by atoms with Crippen molar-refractivity contribution in [1.82, 2.24) is 10.2 Å². The zero-order valence-corrected chi connectivity index (χ0v) is 13.3. The van der Waals surface area contributed by atoms with Gasteiger partial charge in [0.15, 0.2) is 0 Å². The fourth-order valence-electron chi connectivity index (χ4n) is 2.31. The molecule has 0 saturated carbocycles. The molecule has 0 aliphatic carbocycles. The lowest BCUT2D eigenvalue weighted by atomic mass is 10.1. The van der Waals surface area contributed by atoms with Crippen LogP contribution in [0.3, 0.4) is 0 Å². The van der Waals surface area contributed by atoms with Crippen LogP contribution in [0.5, 0.6) is 11.5 Å². The van der Waals surface area contributed by atoms with Crippen LogP contribution in [-0.4, -0.2) is 30.3 Å². The van der Waals surface area contributed by atoms with Crippen molar-refractivity contribution in [2.24, 2.45) is 0 Å². The third-order valence-electron chi connectivity index (χ3n) is 3.56. The number of aromatic amines is 1. The first-order valence-corrected chi connectivity index (χ1v) is 7.07. The molecule has 0 fully saturated rings. The Morgan fingerprint density at radius 1 is 1.27 bits per heavy atom. The highest BCUT2D eigenvalue weighted by molar-refractivity contribution is 5.92. The largest absolute Gasteiger partial charge is 0.497 e. The summed E-state index contributed by atoms with van der Waals surface area (Å²) in [5.74, 6) is 1.19. The van der Waals surface area contributed by atoms with E-state index in [4.69, 9.17) is 9.47 Å². The van der Waals surface area contributed by atoms with Crippen LogP contribution in [0.4, 0.5) is 5.69 Å². The molecule has 0 atom stereocenters. The topological polar surface area (TPSA) is 76.2 Å². The number of methoxy groups -OCH3 is 2.